The van der Waals surface area contributed by atoms with Crippen molar-refractivity contribution in [2.75, 3.05) is 19.0 Å². The van der Waals surface area contributed by atoms with E-state index in [1.807, 2.05) is 85.8 Å². The molecule has 1 aromatic heterocycles. The van der Waals surface area contributed by atoms with Crippen LogP contribution in [-0.4, -0.2) is 29.6 Å². The molecule has 0 aliphatic heterocycles. The normalized spacial score (nSPS) is 10.6. The SMILES string of the molecule is CCOc1ccc2[nH]c(=O)c(CN(Cc3ccccc3OC)C(=O)Nc3ccccc3)cc2c1. The number of nitrogens with one attached hydrogen (secondary N) is 2. The molecule has 1 heterocycles. The van der Waals surface area contributed by atoms with Crippen LogP contribution in [0.5, 0.6) is 11.5 Å². The van der Waals surface area contributed by atoms with Gasteiger partial charge in [-0.15, -0.1) is 0 Å². The molecule has 0 bridgehead atoms. The van der Waals surface area contributed by atoms with E-state index in [1.54, 1.807) is 12.0 Å². The number of methoxy groups -OCH3 is 1. The van der Waals surface area contributed by atoms with E-state index in [0.29, 0.717) is 29.1 Å². The first-order valence-electron chi connectivity index (χ1n) is 11.1. The average molecular weight is 458 g/mol. The minimum absolute atomic E-state index is 0.112. The molecule has 0 spiro atoms. The summed E-state index contributed by atoms with van der Waals surface area (Å²) in [6.45, 7) is 2.84. The third-order valence-corrected chi connectivity index (χ3v) is 5.43. The van der Waals surface area contributed by atoms with Crippen LogP contribution in [0, 0.1) is 0 Å². The second-order valence-corrected chi connectivity index (χ2v) is 7.77. The lowest BCUT2D eigenvalue weighted by atomic mass is 10.1. The molecular formula is C27H27N3O4. The highest BCUT2D eigenvalue weighted by Gasteiger charge is 2.19. The van der Waals surface area contributed by atoms with E-state index in [9.17, 15) is 9.59 Å². The number of rotatable bonds is 8. The minimum atomic E-state index is -0.320. The van der Waals surface area contributed by atoms with Gasteiger partial charge in [-0.2, -0.15) is 0 Å². The fourth-order valence-electron chi connectivity index (χ4n) is 3.77. The third kappa shape index (κ3) is 5.38. The summed E-state index contributed by atoms with van der Waals surface area (Å²) in [5.41, 5.74) is 2.45. The molecule has 7 heteroatoms. The van der Waals surface area contributed by atoms with Gasteiger partial charge in [-0.3, -0.25) is 4.79 Å². The van der Waals surface area contributed by atoms with Crippen LogP contribution in [0.1, 0.15) is 18.1 Å². The van der Waals surface area contributed by atoms with Crippen LogP contribution in [0.2, 0.25) is 0 Å². The summed E-state index contributed by atoms with van der Waals surface area (Å²) in [6.07, 6.45) is 0. The van der Waals surface area contributed by atoms with Gasteiger partial charge < -0.3 is 24.7 Å². The lowest BCUT2D eigenvalue weighted by Gasteiger charge is -2.24. The molecule has 3 aromatic carbocycles. The van der Waals surface area contributed by atoms with Crippen molar-refractivity contribution in [3.05, 3.63) is 100 Å². The van der Waals surface area contributed by atoms with Gasteiger partial charge in [-0.1, -0.05) is 36.4 Å². The number of benzene rings is 3. The molecule has 174 valence electrons. The molecule has 0 atom stereocenters. The zero-order valence-electron chi connectivity index (χ0n) is 19.2. The number of carbonyl (C=O) groups excluding carboxylic acids is 1. The molecule has 4 rings (SSSR count). The second-order valence-electron chi connectivity index (χ2n) is 7.77. The van der Waals surface area contributed by atoms with Crippen LogP contribution in [0.4, 0.5) is 10.5 Å². The summed E-state index contributed by atoms with van der Waals surface area (Å²) in [7, 11) is 1.59. The molecule has 34 heavy (non-hydrogen) atoms. The molecule has 0 aliphatic carbocycles. The van der Waals surface area contributed by atoms with Crippen molar-refractivity contribution in [3.63, 3.8) is 0 Å². The summed E-state index contributed by atoms with van der Waals surface area (Å²) in [5, 5.41) is 3.75. The van der Waals surface area contributed by atoms with Gasteiger partial charge in [0.15, 0.2) is 0 Å². The van der Waals surface area contributed by atoms with Crippen LogP contribution >= 0.6 is 0 Å². The van der Waals surface area contributed by atoms with E-state index in [2.05, 4.69) is 10.3 Å². The van der Waals surface area contributed by atoms with E-state index in [4.69, 9.17) is 9.47 Å². The van der Waals surface area contributed by atoms with Crippen molar-refractivity contribution >= 4 is 22.6 Å². The van der Waals surface area contributed by atoms with Crippen molar-refractivity contribution in [1.29, 1.82) is 0 Å². The molecule has 0 aliphatic rings. The summed E-state index contributed by atoms with van der Waals surface area (Å²) >= 11 is 0. The number of para-hydroxylation sites is 2. The molecule has 7 nitrogen and oxygen atoms in total. The summed E-state index contributed by atoms with van der Waals surface area (Å²) in [6, 6.07) is 23.7. The number of nitrogens with zero attached hydrogens (tertiary/aromatic N) is 1. The van der Waals surface area contributed by atoms with E-state index in [1.165, 1.54) is 0 Å². The molecular weight excluding hydrogens is 430 g/mol. The molecule has 0 saturated heterocycles. The maximum Gasteiger partial charge on any atom is 0.322 e. The largest absolute Gasteiger partial charge is 0.496 e. The molecule has 2 amide bonds. The number of H-pyrrole nitrogens is 1. The second kappa shape index (κ2) is 10.6. The lowest BCUT2D eigenvalue weighted by molar-refractivity contribution is 0.205. The van der Waals surface area contributed by atoms with Crippen LogP contribution in [0.25, 0.3) is 10.9 Å². The van der Waals surface area contributed by atoms with Gasteiger partial charge in [-0.05, 0) is 49.4 Å². The number of hydrogen-bond donors (Lipinski definition) is 2. The summed E-state index contributed by atoms with van der Waals surface area (Å²) in [5.74, 6) is 1.40. The van der Waals surface area contributed by atoms with Crippen LogP contribution in [-0.2, 0) is 13.1 Å². The number of aromatic amines is 1. The highest BCUT2D eigenvalue weighted by atomic mass is 16.5. The fourth-order valence-corrected chi connectivity index (χ4v) is 3.77. The molecule has 0 fully saturated rings. The molecule has 2 N–H and O–H groups in total. The maximum atomic E-state index is 13.3. The fraction of sp³-hybridized carbons (Fsp3) is 0.185. The Morgan fingerprint density at radius 2 is 1.68 bits per heavy atom. The van der Waals surface area contributed by atoms with Crippen molar-refractivity contribution in [2.45, 2.75) is 20.0 Å². The van der Waals surface area contributed by atoms with Crippen LogP contribution in [0.3, 0.4) is 0 Å². The predicted molar refractivity (Wildman–Crippen MR) is 133 cm³/mol. The molecule has 0 unspecified atom stereocenters. The Kier molecular flexibility index (Phi) is 7.13. The van der Waals surface area contributed by atoms with Crippen LogP contribution in [0.15, 0.2) is 83.7 Å². The van der Waals surface area contributed by atoms with Crippen LogP contribution < -0.4 is 20.3 Å². The number of hydrogen-bond acceptors (Lipinski definition) is 4. The van der Waals surface area contributed by atoms with E-state index >= 15 is 0 Å². The van der Waals surface area contributed by atoms with Crippen molar-refractivity contribution in [2.24, 2.45) is 0 Å². The van der Waals surface area contributed by atoms with Crippen molar-refractivity contribution < 1.29 is 14.3 Å². The van der Waals surface area contributed by atoms with Gasteiger partial charge in [0, 0.05) is 27.7 Å². The average Bonchev–Trinajstić information content (AvgIpc) is 2.85. The van der Waals surface area contributed by atoms with E-state index in [-0.39, 0.29) is 24.7 Å². The van der Waals surface area contributed by atoms with Gasteiger partial charge in [0.05, 0.1) is 26.8 Å². The Morgan fingerprint density at radius 1 is 0.941 bits per heavy atom. The number of aromatic nitrogens is 1. The number of fused-ring (bicyclic) bond motifs is 1. The van der Waals surface area contributed by atoms with Gasteiger partial charge in [0.25, 0.3) is 5.56 Å². The number of pyridine rings is 1. The maximum absolute atomic E-state index is 13.3. The Bertz CT molecular complexity index is 1330. The van der Waals surface area contributed by atoms with Gasteiger partial charge in [-0.25, -0.2) is 4.79 Å². The third-order valence-electron chi connectivity index (χ3n) is 5.43. The van der Waals surface area contributed by atoms with E-state index in [0.717, 1.165) is 16.7 Å². The Balaban J connectivity index is 1.67. The molecule has 0 saturated carbocycles. The van der Waals surface area contributed by atoms with Crippen molar-refractivity contribution in [1.82, 2.24) is 9.88 Å². The van der Waals surface area contributed by atoms with Gasteiger partial charge >= 0.3 is 6.03 Å². The Morgan fingerprint density at radius 3 is 2.44 bits per heavy atom. The number of amides is 2. The zero-order valence-corrected chi connectivity index (χ0v) is 19.2. The Hall–Kier alpha value is -4.26. The van der Waals surface area contributed by atoms with Gasteiger partial charge in [0.1, 0.15) is 11.5 Å². The van der Waals surface area contributed by atoms with Gasteiger partial charge in [0.2, 0.25) is 0 Å². The summed E-state index contributed by atoms with van der Waals surface area (Å²) < 4.78 is 11.1. The summed E-state index contributed by atoms with van der Waals surface area (Å²) in [4.78, 5) is 30.6. The topological polar surface area (TPSA) is 83.7 Å². The minimum Gasteiger partial charge on any atom is -0.496 e. The number of anilines is 1. The highest BCUT2D eigenvalue weighted by molar-refractivity contribution is 5.89. The monoisotopic (exact) mass is 457 g/mol. The first-order valence-corrected chi connectivity index (χ1v) is 11.1. The number of carbonyl (C=O) groups is 1. The smallest absolute Gasteiger partial charge is 0.322 e. The predicted octanol–water partition coefficient (Wildman–Crippen LogP) is 5.17. The first-order chi connectivity index (χ1) is 16.6. The molecule has 4 aromatic rings. The first kappa shape index (κ1) is 22.9. The van der Waals surface area contributed by atoms with E-state index < -0.39 is 0 Å². The standard InChI is InChI=1S/C27H27N3O4/c1-3-34-23-13-14-24-20(16-23)15-21(26(31)29-24)18-30(17-19-9-7-8-12-25(19)33-2)27(32)28-22-10-5-4-6-11-22/h4-16H,3,17-18H2,1-2H3,(H,28,32)(H,29,31). The number of ether oxygens (including phenoxy) is 2. The Labute approximate surface area is 197 Å². The quantitative estimate of drug-likeness (QED) is 0.382. The van der Waals surface area contributed by atoms with Crippen molar-refractivity contribution in [3.8, 4) is 11.5 Å². The number of urea groups is 1. The lowest BCUT2D eigenvalue weighted by Crippen LogP contribution is -2.35. The zero-order chi connectivity index (χ0) is 23.9. The highest BCUT2D eigenvalue weighted by Crippen LogP contribution is 2.23. The molecule has 0 radical (unpaired) electrons.